The van der Waals surface area contributed by atoms with Gasteiger partial charge in [0.2, 0.25) is 0 Å². The summed E-state index contributed by atoms with van der Waals surface area (Å²) >= 11 is 6.10. The first kappa shape index (κ1) is 22.1. The second-order valence-corrected chi connectivity index (χ2v) is 7.21. The van der Waals surface area contributed by atoms with Gasteiger partial charge in [-0.25, -0.2) is 0 Å². The Morgan fingerprint density at radius 1 is 1.00 bits per heavy atom. The molecule has 1 fully saturated rings. The number of hydrogen-bond donors (Lipinski definition) is 0. The first-order valence-electron chi connectivity index (χ1n) is 9.38. The topological polar surface area (TPSA) is 51.2 Å². The van der Waals surface area contributed by atoms with Crippen LogP contribution in [0.3, 0.4) is 0 Å². The molecule has 162 valence electrons. The van der Waals surface area contributed by atoms with E-state index in [0.717, 1.165) is 11.3 Å². The first-order chi connectivity index (χ1) is 14.4. The standard InChI is InChI=1S/C21H23ClF2N2O4/c1-28-17-6-4-16(22)11-15(17)13-25-7-9-26(10-8-25)20(27)14-3-5-18(29-2)19(12-14)30-21(23)24/h3-6,11-12,21H,7-10,13H2,1-2H3. The van der Waals surface area contributed by atoms with Crippen LogP contribution < -0.4 is 14.2 Å². The van der Waals surface area contributed by atoms with Crippen molar-refractivity contribution in [1.82, 2.24) is 9.80 Å². The fourth-order valence-corrected chi connectivity index (χ4v) is 3.60. The lowest BCUT2D eigenvalue weighted by Gasteiger charge is -2.35. The molecule has 1 heterocycles. The van der Waals surface area contributed by atoms with Gasteiger partial charge < -0.3 is 19.1 Å². The Morgan fingerprint density at radius 2 is 1.67 bits per heavy atom. The summed E-state index contributed by atoms with van der Waals surface area (Å²) in [6, 6.07) is 9.77. The summed E-state index contributed by atoms with van der Waals surface area (Å²) in [4.78, 5) is 16.7. The van der Waals surface area contributed by atoms with E-state index in [0.29, 0.717) is 37.7 Å². The van der Waals surface area contributed by atoms with Crippen LogP contribution in [0.1, 0.15) is 15.9 Å². The number of piperazine rings is 1. The molecule has 30 heavy (non-hydrogen) atoms. The van der Waals surface area contributed by atoms with E-state index in [-0.39, 0.29) is 23.0 Å². The van der Waals surface area contributed by atoms with Crippen LogP contribution >= 0.6 is 11.6 Å². The van der Waals surface area contributed by atoms with Crippen LogP contribution in [0, 0.1) is 0 Å². The number of carbonyl (C=O) groups excluding carboxylic acids is 1. The summed E-state index contributed by atoms with van der Waals surface area (Å²) in [5, 5.41) is 0.640. The molecule has 0 saturated carbocycles. The van der Waals surface area contributed by atoms with E-state index in [9.17, 15) is 13.6 Å². The highest BCUT2D eigenvalue weighted by Gasteiger charge is 2.24. The Kier molecular flexibility index (Phi) is 7.33. The lowest BCUT2D eigenvalue weighted by Crippen LogP contribution is -2.48. The average Bonchev–Trinajstić information content (AvgIpc) is 2.73. The summed E-state index contributed by atoms with van der Waals surface area (Å²) < 4.78 is 40.1. The van der Waals surface area contributed by atoms with Gasteiger partial charge in [0.25, 0.3) is 5.91 Å². The molecule has 6 nitrogen and oxygen atoms in total. The number of ether oxygens (including phenoxy) is 3. The molecule has 2 aromatic carbocycles. The molecule has 0 aromatic heterocycles. The van der Waals surface area contributed by atoms with Gasteiger partial charge in [0.05, 0.1) is 14.2 Å². The number of alkyl halides is 2. The molecule has 9 heteroatoms. The van der Waals surface area contributed by atoms with Crippen molar-refractivity contribution in [2.75, 3.05) is 40.4 Å². The van der Waals surface area contributed by atoms with E-state index in [1.54, 1.807) is 24.1 Å². The molecular weight excluding hydrogens is 418 g/mol. The van der Waals surface area contributed by atoms with Gasteiger partial charge in [-0.05, 0) is 36.4 Å². The zero-order valence-electron chi connectivity index (χ0n) is 16.7. The highest BCUT2D eigenvalue weighted by Crippen LogP contribution is 2.30. The van der Waals surface area contributed by atoms with Gasteiger partial charge in [0, 0.05) is 48.9 Å². The van der Waals surface area contributed by atoms with Crippen LogP contribution in [-0.2, 0) is 6.54 Å². The predicted molar refractivity (Wildman–Crippen MR) is 109 cm³/mol. The Labute approximate surface area is 178 Å². The summed E-state index contributed by atoms with van der Waals surface area (Å²) in [6.45, 7) is 0.00464. The second kappa shape index (κ2) is 9.95. The minimum Gasteiger partial charge on any atom is -0.496 e. The molecule has 0 atom stereocenters. The maximum Gasteiger partial charge on any atom is 0.387 e. The summed E-state index contributed by atoms with van der Waals surface area (Å²) in [7, 11) is 2.97. The molecule has 2 aromatic rings. The SMILES string of the molecule is COc1ccc(Cl)cc1CN1CCN(C(=O)c2ccc(OC)c(OC(F)F)c2)CC1. The molecule has 1 aliphatic heterocycles. The monoisotopic (exact) mass is 440 g/mol. The second-order valence-electron chi connectivity index (χ2n) is 6.77. The number of benzene rings is 2. The van der Waals surface area contributed by atoms with Crippen LogP contribution in [0.15, 0.2) is 36.4 Å². The normalized spacial score (nSPS) is 14.7. The van der Waals surface area contributed by atoms with Crippen LogP contribution in [-0.4, -0.2) is 62.7 Å². The zero-order chi connectivity index (χ0) is 21.7. The van der Waals surface area contributed by atoms with E-state index in [1.807, 2.05) is 12.1 Å². The van der Waals surface area contributed by atoms with Crippen molar-refractivity contribution in [2.45, 2.75) is 13.2 Å². The molecular formula is C21H23ClF2N2O4. The number of nitrogens with zero attached hydrogens (tertiary/aromatic N) is 2. The summed E-state index contributed by atoms with van der Waals surface area (Å²) in [6.07, 6.45) is 0. The largest absolute Gasteiger partial charge is 0.496 e. The Bertz CT molecular complexity index is 889. The van der Waals surface area contributed by atoms with Gasteiger partial charge in [-0.1, -0.05) is 11.6 Å². The van der Waals surface area contributed by atoms with Gasteiger partial charge in [-0.15, -0.1) is 0 Å². The number of rotatable bonds is 7. The Balaban J connectivity index is 1.64. The molecule has 0 N–H and O–H groups in total. The molecule has 0 aliphatic carbocycles. The van der Waals surface area contributed by atoms with Crippen molar-refractivity contribution in [3.8, 4) is 17.2 Å². The van der Waals surface area contributed by atoms with E-state index in [1.165, 1.54) is 19.2 Å². The van der Waals surface area contributed by atoms with Crippen molar-refractivity contribution < 1.29 is 27.8 Å². The van der Waals surface area contributed by atoms with Crippen molar-refractivity contribution in [3.63, 3.8) is 0 Å². The van der Waals surface area contributed by atoms with E-state index in [2.05, 4.69) is 9.64 Å². The summed E-state index contributed by atoms with van der Waals surface area (Å²) in [5.41, 5.74) is 1.25. The minimum absolute atomic E-state index is 0.145. The molecule has 3 rings (SSSR count). The van der Waals surface area contributed by atoms with Crippen molar-refractivity contribution in [2.24, 2.45) is 0 Å². The van der Waals surface area contributed by atoms with E-state index < -0.39 is 6.61 Å². The van der Waals surface area contributed by atoms with Gasteiger partial charge in [0.1, 0.15) is 5.75 Å². The van der Waals surface area contributed by atoms with Crippen LogP contribution in [0.4, 0.5) is 8.78 Å². The maximum atomic E-state index is 12.8. The third-order valence-electron chi connectivity index (χ3n) is 4.92. The highest BCUT2D eigenvalue weighted by atomic mass is 35.5. The summed E-state index contributed by atoms with van der Waals surface area (Å²) in [5.74, 6) is 0.511. The Morgan fingerprint density at radius 3 is 2.30 bits per heavy atom. The lowest BCUT2D eigenvalue weighted by atomic mass is 10.1. The number of methoxy groups -OCH3 is 2. The van der Waals surface area contributed by atoms with Crippen LogP contribution in [0.5, 0.6) is 17.2 Å². The van der Waals surface area contributed by atoms with Crippen molar-refractivity contribution in [3.05, 3.63) is 52.5 Å². The highest BCUT2D eigenvalue weighted by molar-refractivity contribution is 6.30. The maximum absolute atomic E-state index is 12.8. The van der Waals surface area contributed by atoms with Crippen LogP contribution in [0.25, 0.3) is 0 Å². The molecule has 1 amide bonds. The number of carbonyl (C=O) groups is 1. The smallest absolute Gasteiger partial charge is 0.387 e. The number of hydrogen-bond acceptors (Lipinski definition) is 5. The number of halogens is 3. The van der Waals surface area contributed by atoms with Gasteiger partial charge in [0.15, 0.2) is 11.5 Å². The fraction of sp³-hybridized carbons (Fsp3) is 0.381. The third kappa shape index (κ3) is 5.31. The predicted octanol–water partition coefficient (Wildman–Crippen LogP) is 3.92. The van der Waals surface area contributed by atoms with Gasteiger partial charge >= 0.3 is 6.61 Å². The molecule has 1 aliphatic rings. The molecule has 0 unspecified atom stereocenters. The fourth-order valence-electron chi connectivity index (χ4n) is 3.40. The van der Waals surface area contributed by atoms with Gasteiger partial charge in [-0.2, -0.15) is 8.78 Å². The average molecular weight is 441 g/mol. The first-order valence-corrected chi connectivity index (χ1v) is 9.76. The van der Waals surface area contributed by atoms with Gasteiger partial charge in [-0.3, -0.25) is 9.69 Å². The zero-order valence-corrected chi connectivity index (χ0v) is 17.5. The number of amides is 1. The molecule has 0 spiro atoms. The van der Waals surface area contributed by atoms with Crippen molar-refractivity contribution in [1.29, 1.82) is 0 Å². The van der Waals surface area contributed by atoms with Crippen molar-refractivity contribution >= 4 is 17.5 Å². The van der Waals surface area contributed by atoms with Crippen LogP contribution in [0.2, 0.25) is 5.02 Å². The van der Waals surface area contributed by atoms with E-state index in [4.69, 9.17) is 21.1 Å². The molecule has 0 bridgehead atoms. The minimum atomic E-state index is -3.00. The quantitative estimate of drug-likeness (QED) is 0.653. The molecule has 0 radical (unpaired) electrons. The van der Waals surface area contributed by atoms with E-state index >= 15 is 0 Å². The lowest BCUT2D eigenvalue weighted by molar-refractivity contribution is -0.0512. The molecule has 1 saturated heterocycles. The Hall–Kier alpha value is -2.58. The third-order valence-corrected chi connectivity index (χ3v) is 5.16.